The molecular formula is C15H22N2O2S2. The number of nitrogens with two attached hydrogens (primary N) is 1. The number of thiocarbonyl (C=S) groups is 1. The fourth-order valence-corrected chi connectivity index (χ4v) is 4.44. The largest absolute Gasteiger partial charge is 0.389 e. The topological polar surface area (TPSA) is 72.2 Å². The van der Waals surface area contributed by atoms with Gasteiger partial charge in [0, 0.05) is 11.6 Å². The van der Waals surface area contributed by atoms with Crippen LogP contribution in [-0.4, -0.2) is 19.4 Å². The molecule has 0 aromatic heterocycles. The summed E-state index contributed by atoms with van der Waals surface area (Å²) in [6, 6.07) is 5.02. The molecule has 0 unspecified atom stereocenters. The van der Waals surface area contributed by atoms with E-state index in [1.807, 2.05) is 0 Å². The summed E-state index contributed by atoms with van der Waals surface area (Å²) >= 11 is 4.92. The van der Waals surface area contributed by atoms with Crippen LogP contribution in [0.2, 0.25) is 0 Å². The van der Waals surface area contributed by atoms with E-state index in [1.165, 1.54) is 12.8 Å². The maximum Gasteiger partial charge on any atom is 0.241 e. The lowest BCUT2D eigenvalue weighted by Gasteiger charge is -2.17. The van der Waals surface area contributed by atoms with Crippen LogP contribution < -0.4 is 10.5 Å². The Hall–Kier alpha value is -0.980. The van der Waals surface area contributed by atoms with Crippen molar-refractivity contribution in [1.29, 1.82) is 0 Å². The molecule has 1 aliphatic rings. The van der Waals surface area contributed by atoms with Crippen LogP contribution in [0.3, 0.4) is 0 Å². The Morgan fingerprint density at radius 3 is 2.38 bits per heavy atom. The average molecular weight is 326 g/mol. The van der Waals surface area contributed by atoms with Gasteiger partial charge in [-0.05, 0) is 37.5 Å². The second kappa shape index (κ2) is 6.85. The fraction of sp³-hybridized carbons (Fsp3) is 0.533. The second-order valence-corrected chi connectivity index (χ2v) is 7.78. The van der Waals surface area contributed by atoms with Crippen LogP contribution in [0.5, 0.6) is 0 Å². The first kappa shape index (κ1) is 16.4. The van der Waals surface area contributed by atoms with Crippen LogP contribution in [0.1, 0.15) is 49.7 Å². The molecule has 0 saturated heterocycles. The molecule has 0 bridgehead atoms. The molecule has 3 N–H and O–H groups in total. The lowest BCUT2D eigenvalue weighted by molar-refractivity contribution is 0.509. The first-order valence-electron chi connectivity index (χ1n) is 7.33. The van der Waals surface area contributed by atoms with Gasteiger partial charge < -0.3 is 5.73 Å². The van der Waals surface area contributed by atoms with E-state index in [0.29, 0.717) is 16.0 Å². The number of rotatable bonds is 4. The molecule has 0 spiro atoms. The molecule has 0 aliphatic heterocycles. The smallest absolute Gasteiger partial charge is 0.241 e. The molecule has 1 aromatic carbocycles. The molecule has 6 heteroatoms. The van der Waals surface area contributed by atoms with Gasteiger partial charge in [0.1, 0.15) is 4.99 Å². The highest BCUT2D eigenvalue weighted by atomic mass is 32.2. The lowest BCUT2D eigenvalue weighted by Crippen LogP contribution is -2.34. The van der Waals surface area contributed by atoms with Crippen molar-refractivity contribution in [3.05, 3.63) is 29.3 Å². The predicted octanol–water partition coefficient (Wildman–Crippen LogP) is 2.63. The van der Waals surface area contributed by atoms with Gasteiger partial charge in [0.2, 0.25) is 10.0 Å². The van der Waals surface area contributed by atoms with Crippen molar-refractivity contribution < 1.29 is 8.42 Å². The summed E-state index contributed by atoms with van der Waals surface area (Å²) in [6.07, 6.45) is 6.41. The minimum absolute atomic E-state index is 0.0483. The maximum atomic E-state index is 12.5. The minimum Gasteiger partial charge on any atom is -0.389 e. The van der Waals surface area contributed by atoms with Crippen LogP contribution in [0.15, 0.2) is 23.1 Å². The summed E-state index contributed by atoms with van der Waals surface area (Å²) in [5, 5.41) is 0. The number of hydrogen-bond donors (Lipinski definition) is 2. The van der Waals surface area contributed by atoms with Crippen LogP contribution in [-0.2, 0) is 10.0 Å². The van der Waals surface area contributed by atoms with Crippen molar-refractivity contribution in [2.45, 2.75) is 56.4 Å². The van der Waals surface area contributed by atoms with Gasteiger partial charge in [-0.2, -0.15) is 0 Å². The molecule has 116 valence electrons. The molecule has 21 heavy (non-hydrogen) atoms. The van der Waals surface area contributed by atoms with E-state index in [4.69, 9.17) is 18.0 Å². The number of sulfonamides is 1. The lowest BCUT2D eigenvalue weighted by atomic mass is 10.1. The Bertz CT molecular complexity index is 619. The summed E-state index contributed by atoms with van der Waals surface area (Å²) in [5.41, 5.74) is 6.93. The van der Waals surface area contributed by atoms with Crippen molar-refractivity contribution in [3.63, 3.8) is 0 Å². The third-order valence-electron chi connectivity index (χ3n) is 3.93. The maximum absolute atomic E-state index is 12.5. The monoisotopic (exact) mass is 326 g/mol. The van der Waals surface area contributed by atoms with Gasteiger partial charge in [0.25, 0.3) is 0 Å². The van der Waals surface area contributed by atoms with E-state index in [-0.39, 0.29) is 11.0 Å². The quantitative estimate of drug-likeness (QED) is 0.659. The molecule has 0 atom stereocenters. The summed E-state index contributed by atoms with van der Waals surface area (Å²) in [4.78, 5) is 0.588. The number of nitrogens with one attached hydrogen (secondary N) is 1. The Labute approximate surface area is 132 Å². The normalized spacial score (nSPS) is 17.4. The Morgan fingerprint density at radius 1 is 1.24 bits per heavy atom. The third kappa shape index (κ3) is 4.25. The van der Waals surface area contributed by atoms with E-state index in [2.05, 4.69) is 4.72 Å². The van der Waals surface area contributed by atoms with Crippen LogP contribution in [0.25, 0.3) is 0 Å². The van der Waals surface area contributed by atoms with Gasteiger partial charge in [-0.1, -0.05) is 44.0 Å². The minimum atomic E-state index is -3.48. The highest BCUT2D eigenvalue weighted by molar-refractivity contribution is 7.89. The van der Waals surface area contributed by atoms with E-state index in [0.717, 1.165) is 25.7 Å². The van der Waals surface area contributed by atoms with Crippen LogP contribution >= 0.6 is 12.2 Å². The van der Waals surface area contributed by atoms with Gasteiger partial charge in [0.15, 0.2) is 0 Å². The molecule has 1 fully saturated rings. The number of aryl methyl sites for hydroxylation is 1. The van der Waals surface area contributed by atoms with Crippen molar-refractivity contribution in [2.75, 3.05) is 0 Å². The molecule has 4 nitrogen and oxygen atoms in total. The summed E-state index contributed by atoms with van der Waals surface area (Å²) < 4.78 is 27.9. The highest BCUT2D eigenvalue weighted by Gasteiger charge is 2.22. The molecule has 1 saturated carbocycles. The SMILES string of the molecule is Cc1cc(C(N)=S)ccc1S(=O)(=O)NC1CCCCCC1. The number of benzene rings is 1. The summed E-state index contributed by atoms with van der Waals surface area (Å²) in [7, 11) is -3.48. The third-order valence-corrected chi connectivity index (χ3v) is 5.84. The Kier molecular flexibility index (Phi) is 5.35. The average Bonchev–Trinajstić information content (AvgIpc) is 2.66. The van der Waals surface area contributed by atoms with Crippen LogP contribution in [0.4, 0.5) is 0 Å². The van der Waals surface area contributed by atoms with E-state index in [9.17, 15) is 8.42 Å². The van der Waals surface area contributed by atoms with E-state index < -0.39 is 10.0 Å². The van der Waals surface area contributed by atoms with Crippen molar-refractivity contribution in [3.8, 4) is 0 Å². The van der Waals surface area contributed by atoms with E-state index in [1.54, 1.807) is 25.1 Å². The predicted molar refractivity (Wildman–Crippen MR) is 88.9 cm³/mol. The van der Waals surface area contributed by atoms with Crippen LogP contribution in [0, 0.1) is 6.92 Å². The molecule has 1 aliphatic carbocycles. The van der Waals surface area contributed by atoms with Gasteiger partial charge in [-0.3, -0.25) is 0 Å². The Morgan fingerprint density at radius 2 is 1.86 bits per heavy atom. The highest BCUT2D eigenvalue weighted by Crippen LogP contribution is 2.21. The first-order valence-corrected chi connectivity index (χ1v) is 9.22. The zero-order valence-electron chi connectivity index (χ0n) is 12.3. The van der Waals surface area contributed by atoms with Crippen molar-refractivity contribution >= 4 is 27.2 Å². The van der Waals surface area contributed by atoms with Gasteiger partial charge in [-0.25, -0.2) is 13.1 Å². The molecular weight excluding hydrogens is 304 g/mol. The van der Waals surface area contributed by atoms with Gasteiger partial charge in [-0.15, -0.1) is 0 Å². The number of hydrogen-bond acceptors (Lipinski definition) is 3. The molecule has 0 radical (unpaired) electrons. The van der Waals surface area contributed by atoms with Gasteiger partial charge in [0.05, 0.1) is 4.90 Å². The summed E-state index contributed by atoms with van der Waals surface area (Å²) in [5.74, 6) is 0. The molecule has 2 rings (SSSR count). The van der Waals surface area contributed by atoms with E-state index >= 15 is 0 Å². The fourth-order valence-electron chi connectivity index (χ4n) is 2.78. The molecule has 0 heterocycles. The van der Waals surface area contributed by atoms with Crippen molar-refractivity contribution in [2.24, 2.45) is 5.73 Å². The second-order valence-electron chi connectivity index (χ2n) is 5.65. The standard InChI is InChI=1S/C15H22N2O2S2/c1-11-10-12(15(16)20)8-9-14(11)21(18,19)17-13-6-4-2-3-5-7-13/h8-10,13,17H,2-7H2,1H3,(H2,16,20). The van der Waals surface area contributed by atoms with Gasteiger partial charge >= 0.3 is 0 Å². The summed E-state index contributed by atoms with van der Waals surface area (Å²) in [6.45, 7) is 1.77. The Balaban J connectivity index is 2.20. The molecule has 0 amide bonds. The zero-order chi connectivity index (χ0) is 15.5. The molecule has 1 aromatic rings. The van der Waals surface area contributed by atoms with Crippen molar-refractivity contribution in [1.82, 2.24) is 4.72 Å². The zero-order valence-corrected chi connectivity index (χ0v) is 13.9. The first-order chi connectivity index (χ1) is 9.90.